The van der Waals surface area contributed by atoms with E-state index in [1.165, 1.54) is 4.57 Å². The van der Waals surface area contributed by atoms with Gasteiger partial charge in [-0.2, -0.15) is 0 Å². The number of aromatic nitrogens is 4. The van der Waals surface area contributed by atoms with Gasteiger partial charge in [-0.05, 0) is 18.1 Å². The first kappa shape index (κ1) is 17.8. The summed E-state index contributed by atoms with van der Waals surface area (Å²) in [6.45, 7) is 4.62. The molecule has 1 atom stereocenters. The van der Waals surface area contributed by atoms with Gasteiger partial charge in [-0.3, -0.25) is 14.3 Å². The van der Waals surface area contributed by atoms with Crippen molar-refractivity contribution in [2.45, 2.75) is 37.2 Å². The molecule has 1 aromatic carbocycles. The third kappa shape index (κ3) is 3.39. The Morgan fingerprint density at radius 2 is 2.04 bits per heavy atom. The van der Waals surface area contributed by atoms with Crippen LogP contribution in [0, 0.1) is 0 Å². The van der Waals surface area contributed by atoms with Gasteiger partial charge in [-0.25, -0.2) is 9.78 Å². The normalized spacial score (nSPS) is 12.6. The van der Waals surface area contributed by atoms with Crippen LogP contribution in [-0.4, -0.2) is 24.4 Å². The molecular formula is C17H19ClN4O2S. The maximum Gasteiger partial charge on any atom is 0.329 e. The molecule has 2 aromatic heterocycles. The van der Waals surface area contributed by atoms with Crippen molar-refractivity contribution < 1.29 is 0 Å². The summed E-state index contributed by atoms with van der Waals surface area (Å²) in [6, 6.07) is 7.50. The molecule has 0 aliphatic rings. The highest BCUT2D eigenvalue weighted by atomic mass is 35.5. The van der Waals surface area contributed by atoms with Gasteiger partial charge >= 0.3 is 5.69 Å². The molecule has 8 heteroatoms. The molecule has 0 unspecified atom stereocenters. The van der Waals surface area contributed by atoms with Crippen molar-refractivity contribution in [2.24, 2.45) is 7.05 Å². The average molecular weight is 379 g/mol. The number of H-pyrrole nitrogens is 1. The van der Waals surface area contributed by atoms with Crippen molar-refractivity contribution in [3.8, 4) is 0 Å². The van der Waals surface area contributed by atoms with Crippen molar-refractivity contribution in [3.63, 3.8) is 0 Å². The van der Waals surface area contributed by atoms with E-state index < -0.39 is 11.2 Å². The molecule has 1 N–H and O–H groups in total. The van der Waals surface area contributed by atoms with Crippen LogP contribution < -0.4 is 11.2 Å². The molecule has 0 fully saturated rings. The highest BCUT2D eigenvalue weighted by Crippen LogP contribution is 2.28. The number of rotatable bonds is 5. The molecule has 25 heavy (non-hydrogen) atoms. The Kier molecular flexibility index (Phi) is 5.06. The van der Waals surface area contributed by atoms with Gasteiger partial charge in [0.25, 0.3) is 5.56 Å². The average Bonchev–Trinajstić information content (AvgIpc) is 2.93. The Bertz CT molecular complexity index is 1040. The van der Waals surface area contributed by atoms with Gasteiger partial charge in [0.05, 0.1) is 6.54 Å². The number of benzene rings is 1. The van der Waals surface area contributed by atoms with Crippen LogP contribution in [-0.2, 0) is 13.6 Å². The molecule has 0 aliphatic carbocycles. The molecular weight excluding hydrogens is 360 g/mol. The lowest BCUT2D eigenvalue weighted by Gasteiger charge is -2.12. The van der Waals surface area contributed by atoms with E-state index >= 15 is 0 Å². The number of thioether (sulfide) groups is 1. The summed E-state index contributed by atoms with van der Waals surface area (Å²) in [7, 11) is 1.60. The number of fused-ring (bicyclic) bond motifs is 1. The molecule has 3 rings (SSSR count). The predicted octanol–water partition coefficient (Wildman–Crippen LogP) is 3.02. The van der Waals surface area contributed by atoms with E-state index in [1.54, 1.807) is 18.8 Å². The molecule has 2 heterocycles. The lowest BCUT2D eigenvalue weighted by molar-refractivity contribution is 0.724. The minimum Gasteiger partial charge on any atom is -0.309 e. The monoisotopic (exact) mass is 378 g/mol. The number of aromatic amines is 1. The van der Waals surface area contributed by atoms with Crippen LogP contribution in [0.25, 0.3) is 11.2 Å². The summed E-state index contributed by atoms with van der Waals surface area (Å²) in [6.07, 6.45) is 0.968. The van der Waals surface area contributed by atoms with Crippen molar-refractivity contribution in [1.29, 1.82) is 0 Å². The Morgan fingerprint density at radius 3 is 2.72 bits per heavy atom. The van der Waals surface area contributed by atoms with Crippen molar-refractivity contribution in [2.75, 3.05) is 0 Å². The summed E-state index contributed by atoms with van der Waals surface area (Å²) < 4.78 is 3.20. The standard InChI is InChI=1S/C17H19ClN4O2S/c1-4-10(2)25-17-19-14-13(15(23)20-16(24)21(14)3)22(17)9-11-7-5-6-8-12(11)18/h5-8,10H,4,9H2,1-3H3,(H,20,23,24)/t10-/m0/s1. The first-order valence-electron chi connectivity index (χ1n) is 8.02. The van der Waals surface area contributed by atoms with Crippen LogP contribution in [0.4, 0.5) is 0 Å². The zero-order valence-electron chi connectivity index (χ0n) is 14.2. The van der Waals surface area contributed by atoms with E-state index in [-0.39, 0.29) is 0 Å². The van der Waals surface area contributed by atoms with E-state index in [0.717, 1.165) is 12.0 Å². The second-order valence-corrected chi connectivity index (χ2v) is 7.71. The number of nitrogens with one attached hydrogen (secondary N) is 1. The topological polar surface area (TPSA) is 72.7 Å². The van der Waals surface area contributed by atoms with Crippen LogP contribution in [0.3, 0.4) is 0 Å². The molecule has 0 saturated heterocycles. The first-order chi connectivity index (χ1) is 11.9. The van der Waals surface area contributed by atoms with Gasteiger partial charge in [-0.15, -0.1) is 0 Å². The van der Waals surface area contributed by atoms with Crippen LogP contribution >= 0.6 is 23.4 Å². The van der Waals surface area contributed by atoms with E-state index in [4.69, 9.17) is 11.6 Å². The number of aryl methyl sites for hydroxylation is 1. The highest BCUT2D eigenvalue weighted by molar-refractivity contribution is 7.99. The molecule has 3 aromatic rings. The third-order valence-corrected chi connectivity index (χ3v) is 5.77. The molecule has 0 bridgehead atoms. The number of halogens is 1. The smallest absolute Gasteiger partial charge is 0.309 e. The Morgan fingerprint density at radius 1 is 1.32 bits per heavy atom. The van der Waals surface area contributed by atoms with Crippen LogP contribution in [0.5, 0.6) is 0 Å². The minimum absolute atomic E-state index is 0.331. The van der Waals surface area contributed by atoms with Gasteiger partial charge in [-0.1, -0.05) is 55.4 Å². The van der Waals surface area contributed by atoms with Gasteiger partial charge in [0.15, 0.2) is 16.3 Å². The fraction of sp³-hybridized carbons (Fsp3) is 0.353. The molecule has 0 saturated carbocycles. The Labute approximate surface area is 153 Å². The van der Waals surface area contributed by atoms with Gasteiger partial charge in [0.1, 0.15) is 0 Å². The first-order valence-corrected chi connectivity index (χ1v) is 9.27. The molecule has 0 spiro atoms. The molecule has 132 valence electrons. The number of nitrogens with zero attached hydrogens (tertiary/aromatic N) is 3. The molecule has 0 aliphatic heterocycles. The van der Waals surface area contributed by atoms with Gasteiger partial charge in [0.2, 0.25) is 0 Å². The summed E-state index contributed by atoms with van der Waals surface area (Å²) in [4.78, 5) is 31.3. The minimum atomic E-state index is -0.472. The van der Waals surface area contributed by atoms with Crippen molar-refractivity contribution in [1.82, 2.24) is 19.1 Å². The zero-order valence-corrected chi connectivity index (χ0v) is 15.8. The van der Waals surface area contributed by atoms with Gasteiger partial charge in [0, 0.05) is 17.3 Å². The lowest BCUT2D eigenvalue weighted by Crippen LogP contribution is -2.29. The van der Waals surface area contributed by atoms with Crippen molar-refractivity contribution in [3.05, 3.63) is 55.7 Å². The van der Waals surface area contributed by atoms with Crippen LogP contribution in [0.15, 0.2) is 39.0 Å². The maximum absolute atomic E-state index is 12.4. The van der Waals surface area contributed by atoms with Crippen LogP contribution in [0.2, 0.25) is 5.02 Å². The summed E-state index contributed by atoms with van der Waals surface area (Å²) in [5, 5.41) is 1.67. The second-order valence-electron chi connectivity index (χ2n) is 5.90. The SMILES string of the molecule is CC[C@H](C)Sc1nc2c(c(=O)[nH]c(=O)n2C)n1Cc1ccccc1Cl. The summed E-state index contributed by atoms with van der Waals surface area (Å²) in [5.74, 6) is 0. The zero-order chi connectivity index (χ0) is 18.1. The summed E-state index contributed by atoms with van der Waals surface area (Å²) in [5.41, 5.74) is 0.746. The second kappa shape index (κ2) is 7.09. The largest absolute Gasteiger partial charge is 0.329 e. The Hall–Kier alpha value is -1.99. The number of imidazole rings is 1. The maximum atomic E-state index is 12.4. The number of hydrogen-bond acceptors (Lipinski definition) is 4. The van der Waals surface area contributed by atoms with Crippen LogP contribution in [0.1, 0.15) is 25.8 Å². The van der Waals surface area contributed by atoms with E-state index in [2.05, 4.69) is 23.8 Å². The fourth-order valence-corrected chi connectivity index (χ4v) is 3.66. The Balaban J connectivity index is 2.24. The predicted molar refractivity (Wildman–Crippen MR) is 102 cm³/mol. The molecule has 0 amide bonds. The summed E-state index contributed by atoms with van der Waals surface area (Å²) >= 11 is 7.88. The quantitative estimate of drug-likeness (QED) is 0.692. The molecule has 6 nitrogen and oxygen atoms in total. The van der Waals surface area contributed by atoms with E-state index in [0.29, 0.717) is 33.1 Å². The van der Waals surface area contributed by atoms with Gasteiger partial charge < -0.3 is 4.57 Å². The third-order valence-electron chi connectivity index (χ3n) is 4.14. The highest BCUT2D eigenvalue weighted by Gasteiger charge is 2.19. The number of hydrogen-bond donors (Lipinski definition) is 1. The van der Waals surface area contributed by atoms with Crippen molar-refractivity contribution >= 4 is 34.5 Å². The fourth-order valence-electron chi connectivity index (χ4n) is 2.51. The van der Waals surface area contributed by atoms with E-state index in [1.807, 2.05) is 28.8 Å². The van der Waals surface area contributed by atoms with E-state index in [9.17, 15) is 9.59 Å². The lowest BCUT2D eigenvalue weighted by atomic mass is 10.2. The molecule has 0 radical (unpaired) electrons.